The number of benzodiazepines with no additional fused rings is 1. The summed E-state index contributed by atoms with van der Waals surface area (Å²) in [5.41, 5.74) is 4.39. The highest BCUT2D eigenvalue weighted by molar-refractivity contribution is 6.32. The Balaban J connectivity index is 1.86. The summed E-state index contributed by atoms with van der Waals surface area (Å²) in [4.78, 5) is 17.8. The number of halogens is 2. The second kappa shape index (κ2) is 7.90. The van der Waals surface area contributed by atoms with E-state index in [9.17, 15) is 9.90 Å². The number of aliphatic imine (C=N–C) groups is 1. The molecule has 4 nitrogen and oxygen atoms in total. The Labute approximate surface area is 178 Å². The third-order valence-electron chi connectivity index (χ3n) is 4.92. The number of carbonyl (C=O) groups excluding carboxylic acids is 1. The van der Waals surface area contributed by atoms with Crippen LogP contribution in [0.25, 0.3) is 0 Å². The fourth-order valence-electron chi connectivity index (χ4n) is 3.36. The zero-order valence-corrected chi connectivity index (χ0v) is 17.1. The maximum Gasteiger partial charge on any atom is 0.249 e. The standard InChI is InChI=1S/C23H18Cl2N2O2/c1-13-10-15(6-9-21(13)28)22-17-12-16(24)7-8-19(17)27-23(29)20(26-22)11-14-4-2-3-5-18(14)25/h2-10,12,20,28H,11H2,1H3,(H,27,29)/t20-/m1/s1. The average Bonchev–Trinajstić information content (AvgIpc) is 2.82. The largest absolute Gasteiger partial charge is 0.508 e. The topological polar surface area (TPSA) is 61.7 Å². The lowest BCUT2D eigenvalue weighted by Crippen LogP contribution is -2.27. The number of benzene rings is 3. The molecule has 1 amide bonds. The van der Waals surface area contributed by atoms with Gasteiger partial charge in [0.25, 0.3) is 0 Å². The lowest BCUT2D eigenvalue weighted by molar-refractivity contribution is -0.117. The Hall–Kier alpha value is -2.82. The molecule has 1 heterocycles. The summed E-state index contributed by atoms with van der Waals surface area (Å²) in [7, 11) is 0. The maximum atomic E-state index is 12.9. The number of rotatable bonds is 3. The van der Waals surface area contributed by atoms with E-state index in [2.05, 4.69) is 5.32 Å². The minimum atomic E-state index is -0.662. The normalized spacial score (nSPS) is 15.9. The highest BCUT2D eigenvalue weighted by Gasteiger charge is 2.27. The second-order valence-electron chi connectivity index (χ2n) is 6.97. The minimum absolute atomic E-state index is 0.205. The van der Waals surface area contributed by atoms with E-state index in [0.717, 1.165) is 22.3 Å². The number of carbonyl (C=O) groups is 1. The van der Waals surface area contributed by atoms with E-state index in [1.165, 1.54) is 0 Å². The molecule has 0 aromatic heterocycles. The number of phenols is 1. The molecule has 146 valence electrons. The van der Waals surface area contributed by atoms with Crippen LogP contribution in [0.15, 0.2) is 65.7 Å². The molecule has 2 N–H and O–H groups in total. The summed E-state index contributed by atoms with van der Waals surface area (Å²) in [5, 5.41) is 14.0. The quantitative estimate of drug-likeness (QED) is 0.590. The van der Waals surface area contributed by atoms with Gasteiger partial charge in [0.1, 0.15) is 11.8 Å². The molecule has 0 saturated carbocycles. The van der Waals surface area contributed by atoms with Crippen molar-refractivity contribution in [3.63, 3.8) is 0 Å². The summed E-state index contributed by atoms with van der Waals surface area (Å²) in [6.45, 7) is 1.82. The number of hydrogen-bond donors (Lipinski definition) is 2. The third kappa shape index (κ3) is 4.00. The van der Waals surface area contributed by atoms with Crippen LogP contribution >= 0.6 is 23.2 Å². The molecule has 3 aromatic carbocycles. The van der Waals surface area contributed by atoms with Crippen LogP contribution in [0.3, 0.4) is 0 Å². The van der Waals surface area contributed by atoms with Crippen molar-refractivity contribution in [1.82, 2.24) is 0 Å². The Bertz CT molecular complexity index is 1140. The summed E-state index contributed by atoms with van der Waals surface area (Å²) in [6.07, 6.45) is 0.369. The first-order chi connectivity index (χ1) is 13.9. The molecule has 1 atom stereocenters. The van der Waals surface area contributed by atoms with Gasteiger partial charge < -0.3 is 10.4 Å². The molecular weight excluding hydrogens is 407 g/mol. The number of fused-ring (bicyclic) bond motifs is 1. The molecule has 0 saturated heterocycles. The Morgan fingerprint density at radius 1 is 1.07 bits per heavy atom. The first kappa shape index (κ1) is 19.5. The van der Waals surface area contributed by atoms with E-state index in [1.807, 2.05) is 31.2 Å². The molecule has 0 aliphatic carbocycles. The third-order valence-corrected chi connectivity index (χ3v) is 5.53. The molecule has 4 rings (SSSR count). The van der Waals surface area contributed by atoms with Gasteiger partial charge >= 0.3 is 0 Å². The molecule has 0 fully saturated rings. The van der Waals surface area contributed by atoms with Crippen LogP contribution < -0.4 is 5.32 Å². The van der Waals surface area contributed by atoms with Gasteiger partial charge in [-0.15, -0.1) is 0 Å². The fourth-order valence-corrected chi connectivity index (χ4v) is 3.75. The van der Waals surface area contributed by atoms with Crippen LogP contribution in [-0.4, -0.2) is 22.8 Å². The van der Waals surface area contributed by atoms with E-state index < -0.39 is 6.04 Å². The van der Waals surface area contributed by atoms with Gasteiger partial charge in [0.2, 0.25) is 5.91 Å². The van der Waals surface area contributed by atoms with Crippen LogP contribution in [0, 0.1) is 6.92 Å². The second-order valence-corrected chi connectivity index (χ2v) is 7.81. The van der Waals surface area contributed by atoms with Crippen LogP contribution in [0.1, 0.15) is 22.3 Å². The Morgan fingerprint density at radius 3 is 2.62 bits per heavy atom. The summed E-state index contributed by atoms with van der Waals surface area (Å²) < 4.78 is 0. The van der Waals surface area contributed by atoms with Gasteiger partial charge in [-0.05, 0) is 60.5 Å². The number of amides is 1. The first-order valence-electron chi connectivity index (χ1n) is 9.14. The van der Waals surface area contributed by atoms with Crippen LogP contribution in [0.2, 0.25) is 10.0 Å². The number of nitrogens with one attached hydrogen (secondary N) is 1. The highest BCUT2D eigenvalue weighted by Crippen LogP contribution is 2.30. The maximum absolute atomic E-state index is 12.9. The SMILES string of the molecule is Cc1cc(C2=N[C@H](Cc3ccccc3Cl)C(=O)Nc3ccc(Cl)cc32)ccc1O. The van der Waals surface area contributed by atoms with Crippen molar-refractivity contribution in [3.8, 4) is 5.75 Å². The molecular formula is C23H18Cl2N2O2. The van der Waals surface area contributed by atoms with Crippen molar-refractivity contribution in [2.75, 3.05) is 5.32 Å². The van der Waals surface area contributed by atoms with Gasteiger partial charge in [-0.2, -0.15) is 0 Å². The van der Waals surface area contributed by atoms with Crippen molar-refractivity contribution in [3.05, 3.63) is 93.0 Å². The van der Waals surface area contributed by atoms with Crippen molar-refractivity contribution < 1.29 is 9.90 Å². The van der Waals surface area contributed by atoms with Gasteiger partial charge in [-0.1, -0.05) is 41.4 Å². The van der Waals surface area contributed by atoms with E-state index in [-0.39, 0.29) is 11.7 Å². The zero-order chi connectivity index (χ0) is 20.5. The fraction of sp³-hybridized carbons (Fsp3) is 0.130. The van der Waals surface area contributed by atoms with Gasteiger partial charge in [0.15, 0.2) is 0 Å². The van der Waals surface area contributed by atoms with Crippen molar-refractivity contribution in [2.24, 2.45) is 4.99 Å². The monoisotopic (exact) mass is 424 g/mol. The zero-order valence-electron chi connectivity index (χ0n) is 15.6. The minimum Gasteiger partial charge on any atom is -0.508 e. The Morgan fingerprint density at radius 2 is 1.86 bits per heavy atom. The van der Waals surface area contributed by atoms with Crippen LogP contribution in [0.5, 0.6) is 5.75 Å². The van der Waals surface area contributed by atoms with Crippen molar-refractivity contribution in [1.29, 1.82) is 0 Å². The number of phenolic OH excluding ortho intramolecular Hbond substituents is 1. The number of nitrogens with zero attached hydrogens (tertiary/aromatic N) is 1. The molecule has 3 aromatic rings. The number of anilines is 1. The summed E-state index contributed by atoms with van der Waals surface area (Å²) >= 11 is 12.5. The number of hydrogen-bond acceptors (Lipinski definition) is 3. The smallest absolute Gasteiger partial charge is 0.249 e. The van der Waals surface area contributed by atoms with Crippen LogP contribution in [-0.2, 0) is 11.2 Å². The molecule has 29 heavy (non-hydrogen) atoms. The molecule has 0 spiro atoms. The lowest BCUT2D eigenvalue weighted by atomic mass is 9.98. The molecule has 1 aliphatic heterocycles. The molecule has 0 bridgehead atoms. The van der Waals surface area contributed by atoms with E-state index in [1.54, 1.807) is 36.4 Å². The molecule has 1 aliphatic rings. The van der Waals surface area contributed by atoms with Gasteiger partial charge in [0, 0.05) is 27.6 Å². The van der Waals surface area contributed by atoms with Crippen molar-refractivity contribution >= 4 is 40.5 Å². The predicted molar refractivity (Wildman–Crippen MR) is 118 cm³/mol. The van der Waals surface area contributed by atoms with Crippen molar-refractivity contribution in [2.45, 2.75) is 19.4 Å². The van der Waals surface area contributed by atoms with Gasteiger partial charge in [0.05, 0.1) is 11.4 Å². The highest BCUT2D eigenvalue weighted by atomic mass is 35.5. The van der Waals surface area contributed by atoms with E-state index in [0.29, 0.717) is 27.9 Å². The molecule has 0 radical (unpaired) electrons. The number of aromatic hydroxyl groups is 1. The summed E-state index contributed by atoms with van der Waals surface area (Å²) in [6, 6.07) is 17.3. The van der Waals surface area contributed by atoms with E-state index in [4.69, 9.17) is 28.2 Å². The van der Waals surface area contributed by atoms with Gasteiger partial charge in [-0.3, -0.25) is 9.79 Å². The van der Waals surface area contributed by atoms with Gasteiger partial charge in [-0.25, -0.2) is 0 Å². The Kier molecular flexibility index (Phi) is 5.31. The molecule has 6 heteroatoms. The first-order valence-corrected chi connectivity index (χ1v) is 9.90. The molecule has 0 unspecified atom stereocenters. The van der Waals surface area contributed by atoms with Crippen LogP contribution in [0.4, 0.5) is 5.69 Å². The number of aryl methyl sites for hydroxylation is 1. The average molecular weight is 425 g/mol. The summed E-state index contributed by atoms with van der Waals surface area (Å²) in [5.74, 6) is -0.00454. The lowest BCUT2D eigenvalue weighted by Gasteiger charge is -2.13. The predicted octanol–water partition coefficient (Wildman–Crippen LogP) is 5.41. The van der Waals surface area contributed by atoms with E-state index >= 15 is 0 Å².